The van der Waals surface area contributed by atoms with Gasteiger partial charge in [-0.25, -0.2) is 4.79 Å². The van der Waals surface area contributed by atoms with Gasteiger partial charge in [0.1, 0.15) is 13.2 Å². The van der Waals surface area contributed by atoms with Gasteiger partial charge in [-0.3, -0.25) is 9.59 Å². The Labute approximate surface area is 169 Å². The molecule has 1 atom stereocenters. The number of ether oxygens (including phenoxy) is 2. The maximum Gasteiger partial charge on any atom is 0.410 e. The smallest absolute Gasteiger partial charge is 0.410 e. The molecule has 1 fully saturated rings. The Morgan fingerprint density at radius 3 is 2.38 bits per heavy atom. The van der Waals surface area contributed by atoms with Gasteiger partial charge in [0, 0.05) is 31.6 Å². The summed E-state index contributed by atoms with van der Waals surface area (Å²) in [5, 5.41) is 0. The van der Waals surface area contributed by atoms with Gasteiger partial charge in [-0.15, -0.1) is 0 Å². The van der Waals surface area contributed by atoms with Crippen LogP contribution in [0.25, 0.3) is 0 Å². The van der Waals surface area contributed by atoms with Crippen LogP contribution >= 0.6 is 0 Å². The first kappa shape index (κ1) is 20.4. The molecular formula is C22H24N2O5. The molecule has 2 aromatic rings. The average Bonchev–Trinajstić information content (AvgIpc) is 3.12. The minimum atomic E-state index is -0.600. The Hall–Kier alpha value is -3.35. The first-order valence-electron chi connectivity index (χ1n) is 9.46. The van der Waals surface area contributed by atoms with Gasteiger partial charge in [0.15, 0.2) is 0 Å². The summed E-state index contributed by atoms with van der Waals surface area (Å²) in [7, 11) is 1.48. The SMILES string of the molecule is CN(CC(=O)OC[C@H]1CC(=O)N(c2ccccc2)C1)C(=O)OCc1ccccc1. The van der Waals surface area contributed by atoms with Crippen molar-refractivity contribution in [2.24, 2.45) is 5.92 Å². The fourth-order valence-electron chi connectivity index (χ4n) is 3.09. The second kappa shape index (κ2) is 9.73. The van der Waals surface area contributed by atoms with E-state index in [0.29, 0.717) is 13.0 Å². The molecule has 3 rings (SSSR count). The molecule has 29 heavy (non-hydrogen) atoms. The van der Waals surface area contributed by atoms with Gasteiger partial charge in [-0.1, -0.05) is 48.5 Å². The Kier molecular flexibility index (Phi) is 6.84. The molecule has 1 saturated heterocycles. The van der Waals surface area contributed by atoms with Crippen LogP contribution in [0, 0.1) is 5.92 Å². The van der Waals surface area contributed by atoms with Crippen molar-refractivity contribution in [1.82, 2.24) is 4.90 Å². The van der Waals surface area contributed by atoms with Gasteiger partial charge in [-0.05, 0) is 17.7 Å². The molecule has 1 heterocycles. The monoisotopic (exact) mass is 396 g/mol. The standard InChI is InChI=1S/C22H24N2O5/c1-23(22(27)29-15-17-8-4-2-5-9-17)14-21(26)28-16-18-12-20(25)24(13-18)19-10-6-3-7-11-19/h2-11,18H,12-16H2,1H3/t18-/m0/s1. The van der Waals surface area contributed by atoms with Crippen LogP contribution in [0.2, 0.25) is 0 Å². The highest BCUT2D eigenvalue weighted by Crippen LogP contribution is 2.24. The molecule has 0 aromatic heterocycles. The predicted molar refractivity (Wildman–Crippen MR) is 107 cm³/mol. The molecule has 1 aliphatic heterocycles. The highest BCUT2D eigenvalue weighted by atomic mass is 16.6. The Bertz CT molecular complexity index is 841. The van der Waals surface area contributed by atoms with Gasteiger partial charge < -0.3 is 19.3 Å². The molecule has 0 spiro atoms. The third-order valence-electron chi connectivity index (χ3n) is 4.64. The number of rotatable bonds is 7. The number of anilines is 1. The molecule has 0 radical (unpaired) electrons. The zero-order valence-electron chi connectivity index (χ0n) is 16.3. The fraction of sp³-hybridized carbons (Fsp3) is 0.318. The van der Waals surface area contributed by atoms with Crippen LogP contribution in [0.3, 0.4) is 0 Å². The van der Waals surface area contributed by atoms with E-state index in [4.69, 9.17) is 9.47 Å². The number of likely N-dealkylation sites (N-methyl/N-ethyl adjacent to an activating group) is 1. The van der Waals surface area contributed by atoms with Crippen molar-refractivity contribution in [3.8, 4) is 0 Å². The summed E-state index contributed by atoms with van der Waals surface area (Å²) in [6.07, 6.45) is -0.269. The lowest BCUT2D eigenvalue weighted by molar-refractivity contribution is -0.145. The zero-order chi connectivity index (χ0) is 20.6. The number of carbonyl (C=O) groups excluding carboxylic acids is 3. The summed E-state index contributed by atoms with van der Waals surface area (Å²) in [6.45, 7) is 0.571. The van der Waals surface area contributed by atoms with Crippen molar-refractivity contribution in [3.63, 3.8) is 0 Å². The molecule has 152 valence electrons. The molecule has 1 aliphatic rings. The highest BCUT2D eigenvalue weighted by molar-refractivity contribution is 5.95. The number of carbonyl (C=O) groups is 3. The minimum Gasteiger partial charge on any atom is -0.464 e. The van der Waals surface area contributed by atoms with Gasteiger partial charge in [0.25, 0.3) is 0 Å². The lowest BCUT2D eigenvalue weighted by Gasteiger charge is -2.18. The zero-order valence-corrected chi connectivity index (χ0v) is 16.3. The van der Waals surface area contributed by atoms with Crippen molar-refractivity contribution in [2.45, 2.75) is 13.0 Å². The number of para-hydroxylation sites is 1. The molecule has 0 N–H and O–H groups in total. The fourth-order valence-corrected chi connectivity index (χ4v) is 3.09. The van der Waals surface area contributed by atoms with Crippen LogP contribution < -0.4 is 4.90 Å². The van der Waals surface area contributed by atoms with Crippen molar-refractivity contribution in [3.05, 3.63) is 66.2 Å². The van der Waals surface area contributed by atoms with Crippen LogP contribution in [-0.2, 0) is 25.7 Å². The second-order valence-electron chi connectivity index (χ2n) is 6.99. The van der Waals surface area contributed by atoms with E-state index >= 15 is 0 Å². The second-order valence-corrected chi connectivity index (χ2v) is 6.99. The Morgan fingerprint density at radius 2 is 1.69 bits per heavy atom. The maximum absolute atomic E-state index is 12.2. The van der Waals surface area contributed by atoms with Gasteiger partial charge >= 0.3 is 12.1 Å². The summed E-state index contributed by atoms with van der Waals surface area (Å²) in [5.41, 5.74) is 1.71. The van der Waals surface area contributed by atoms with Gasteiger partial charge in [0.2, 0.25) is 5.91 Å². The quantitative estimate of drug-likeness (QED) is 0.673. The van der Waals surface area contributed by atoms with E-state index in [1.807, 2.05) is 60.7 Å². The van der Waals surface area contributed by atoms with E-state index < -0.39 is 12.1 Å². The Balaban J connectivity index is 1.39. The lowest BCUT2D eigenvalue weighted by Crippen LogP contribution is -2.34. The summed E-state index contributed by atoms with van der Waals surface area (Å²) in [6, 6.07) is 18.7. The number of hydrogen-bond acceptors (Lipinski definition) is 5. The van der Waals surface area contributed by atoms with Crippen LogP contribution in [0.4, 0.5) is 10.5 Å². The third-order valence-corrected chi connectivity index (χ3v) is 4.64. The molecule has 2 amide bonds. The van der Waals surface area contributed by atoms with Crippen molar-refractivity contribution >= 4 is 23.7 Å². The first-order chi connectivity index (χ1) is 14.0. The van der Waals surface area contributed by atoms with E-state index in [9.17, 15) is 14.4 Å². The number of amides is 2. The van der Waals surface area contributed by atoms with Gasteiger partial charge in [-0.2, -0.15) is 0 Å². The summed E-state index contributed by atoms with van der Waals surface area (Å²) >= 11 is 0. The number of benzene rings is 2. The van der Waals surface area contributed by atoms with Crippen LogP contribution in [0.1, 0.15) is 12.0 Å². The number of nitrogens with zero attached hydrogens (tertiary/aromatic N) is 2. The topological polar surface area (TPSA) is 76.2 Å². The lowest BCUT2D eigenvalue weighted by atomic mass is 10.1. The average molecular weight is 396 g/mol. The first-order valence-corrected chi connectivity index (χ1v) is 9.46. The Morgan fingerprint density at radius 1 is 1.03 bits per heavy atom. The molecular weight excluding hydrogens is 372 g/mol. The molecule has 7 nitrogen and oxygen atoms in total. The minimum absolute atomic E-state index is 0.0128. The highest BCUT2D eigenvalue weighted by Gasteiger charge is 2.31. The maximum atomic E-state index is 12.2. The van der Waals surface area contributed by atoms with Crippen molar-refractivity contribution in [2.75, 3.05) is 31.6 Å². The predicted octanol–water partition coefficient (Wildman–Crippen LogP) is 2.85. The van der Waals surface area contributed by atoms with E-state index in [-0.39, 0.29) is 31.6 Å². The van der Waals surface area contributed by atoms with Gasteiger partial charge in [0.05, 0.1) is 6.61 Å². The molecule has 0 unspecified atom stereocenters. The van der Waals surface area contributed by atoms with Crippen LogP contribution in [-0.4, -0.2) is 49.6 Å². The van der Waals surface area contributed by atoms with E-state index in [1.54, 1.807) is 4.90 Å². The summed E-state index contributed by atoms with van der Waals surface area (Å²) in [5.74, 6) is -0.587. The molecule has 0 aliphatic carbocycles. The van der Waals surface area contributed by atoms with Crippen LogP contribution in [0.5, 0.6) is 0 Å². The summed E-state index contributed by atoms with van der Waals surface area (Å²) < 4.78 is 10.4. The largest absolute Gasteiger partial charge is 0.464 e. The van der Waals surface area contributed by atoms with E-state index in [2.05, 4.69) is 0 Å². The molecule has 0 bridgehead atoms. The number of hydrogen-bond donors (Lipinski definition) is 0. The summed E-state index contributed by atoms with van der Waals surface area (Å²) in [4.78, 5) is 39.1. The molecule has 2 aromatic carbocycles. The molecule has 7 heteroatoms. The van der Waals surface area contributed by atoms with Crippen molar-refractivity contribution in [1.29, 1.82) is 0 Å². The number of esters is 1. The van der Waals surface area contributed by atoms with Crippen LogP contribution in [0.15, 0.2) is 60.7 Å². The molecule has 0 saturated carbocycles. The van der Waals surface area contributed by atoms with E-state index in [1.165, 1.54) is 11.9 Å². The third kappa shape index (κ3) is 5.81. The van der Waals surface area contributed by atoms with Crippen molar-refractivity contribution < 1.29 is 23.9 Å². The van der Waals surface area contributed by atoms with E-state index in [0.717, 1.165) is 11.3 Å². The normalized spacial score (nSPS) is 15.8.